The fourth-order valence-electron chi connectivity index (χ4n) is 2.57. The Morgan fingerprint density at radius 3 is 1.74 bits per heavy atom. The summed E-state index contributed by atoms with van der Waals surface area (Å²) in [5, 5.41) is 16.7. The van der Waals surface area contributed by atoms with Crippen LogP contribution in [-0.2, 0) is 19.2 Å². The Balaban J connectivity index is 5.06. The van der Waals surface area contributed by atoms with E-state index in [9.17, 15) is 24.3 Å². The van der Waals surface area contributed by atoms with Crippen LogP contribution in [0.2, 0.25) is 0 Å². The van der Waals surface area contributed by atoms with Gasteiger partial charge >= 0.3 is 5.97 Å². The van der Waals surface area contributed by atoms with Crippen LogP contribution >= 0.6 is 12.6 Å². The summed E-state index contributed by atoms with van der Waals surface area (Å²) in [6.45, 7) is 1.80. The number of nitrogens with one attached hydrogen (secondary N) is 3. The lowest BCUT2D eigenvalue weighted by molar-refractivity contribution is -0.142. The van der Waals surface area contributed by atoms with Crippen molar-refractivity contribution >= 4 is 48.2 Å². The van der Waals surface area contributed by atoms with E-state index < -0.39 is 47.9 Å². The highest BCUT2D eigenvalue weighted by Crippen LogP contribution is 2.03. The lowest BCUT2D eigenvalue weighted by atomic mass is 10.1. The lowest BCUT2D eigenvalue weighted by Gasteiger charge is -2.23. The van der Waals surface area contributed by atoms with Gasteiger partial charge in [0, 0.05) is 18.8 Å². The largest absolute Gasteiger partial charge is 0.480 e. The number of hydrogen-bond donors (Lipinski definition) is 10. The monoisotopic (exact) mass is 504 g/mol. The minimum Gasteiger partial charge on any atom is -0.480 e. The molecule has 0 bridgehead atoms. The van der Waals surface area contributed by atoms with Gasteiger partial charge in [0.05, 0.1) is 6.04 Å². The molecular formula is C18H36N10O5S. The van der Waals surface area contributed by atoms with Crippen molar-refractivity contribution in [3.8, 4) is 0 Å². The molecule has 0 aromatic carbocycles. The summed E-state index contributed by atoms with van der Waals surface area (Å²) in [5.74, 6) is -3.40. The molecule has 0 aliphatic heterocycles. The van der Waals surface area contributed by atoms with Crippen molar-refractivity contribution in [3.63, 3.8) is 0 Å². The van der Waals surface area contributed by atoms with Gasteiger partial charge in [0.25, 0.3) is 0 Å². The van der Waals surface area contributed by atoms with Crippen LogP contribution in [0.15, 0.2) is 9.98 Å². The number of aliphatic carboxylic acids is 1. The first-order valence-electron chi connectivity index (χ1n) is 10.5. The number of amides is 3. The lowest BCUT2D eigenvalue weighted by Crippen LogP contribution is -2.56. The molecule has 0 rings (SSSR count). The number of rotatable bonds is 16. The number of hydrogen-bond acceptors (Lipinski definition) is 8. The molecule has 14 N–H and O–H groups in total. The molecule has 15 nitrogen and oxygen atoms in total. The molecule has 0 saturated carbocycles. The third-order valence-electron chi connectivity index (χ3n) is 4.42. The second kappa shape index (κ2) is 16.4. The maximum absolute atomic E-state index is 12.7. The second-order valence-corrected chi connectivity index (χ2v) is 7.74. The number of nitrogens with two attached hydrogens (primary N) is 5. The van der Waals surface area contributed by atoms with Crippen molar-refractivity contribution in [2.75, 3.05) is 18.8 Å². The van der Waals surface area contributed by atoms with Crippen molar-refractivity contribution in [1.29, 1.82) is 0 Å². The van der Waals surface area contributed by atoms with Gasteiger partial charge in [0.15, 0.2) is 11.9 Å². The topological polar surface area (TPSA) is 279 Å². The predicted molar refractivity (Wildman–Crippen MR) is 131 cm³/mol. The Morgan fingerprint density at radius 2 is 1.29 bits per heavy atom. The molecule has 0 aliphatic rings. The van der Waals surface area contributed by atoms with Gasteiger partial charge in [0.1, 0.15) is 18.1 Å². The summed E-state index contributed by atoms with van der Waals surface area (Å²) in [6.07, 6.45) is 0.892. The summed E-state index contributed by atoms with van der Waals surface area (Å²) >= 11 is 3.96. The standard InChI is InChI=1S/C18H36N10O5S/c1-9(13(29)28-12(16(32)33)5-3-7-25-18(22)23)26-15(31)11(4-2-6-24-17(20)21)27-14(30)10(19)8-34/h9-12,34H,2-8,19H2,1H3,(H,26,31)(H,27,30)(H,28,29)(H,32,33)(H4,20,21,24)(H4,22,23,25). The maximum atomic E-state index is 12.7. The van der Waals surface area contributed by atoms with E-state index >= 15 is 0 Å². The van der Waals surface area contributed by atoms with E-state index in [0.29, 0.717) is 12.8 Å². The molecule has 0 aromatic heterocycles. The van der Waals surface area contributed by atoms with Gasteiger partial charge in [-0.15, -0.1) is 0 Å². The molecule has 4 atom stereocenters. The molecule has 3 amide bonds. The van der Waals surface area contributed by atoms with Gasteiger partial charge in [0.2, 0.25) is 17.7 Å². The Labute approximate surface area is 203 Å². The van der Waals surface area contributed by atoms with Crippen LogP contribution in [0.1, 0.15) is 32.6 Å². The first kappa shape index (κ1) is 30.7. The van der Waals surface area contributed by atoms with Crippen LogP contribution in [0.4, 0.5) is 0 Å². The SMILES string of the molecule is CC(NC(=O)C(CCCN=C(N)N)NC(=O)C(N)CS)C(=O)NC(CCCN=C(N)N)C(=O)O. The van der Waals surface area contributed by atoms with Crippen molar-refractivity contribution < 1.29 is 24.3 Å². The number of guanidine groups is 2. The van der Waals surface area contributed by atoms with Crippen molar-refractivity contribution in [1.82, 2.24) is 16.0 Å². The van der Waals surface area contributed by atoms with Crippen molar-refractivity contribution in [2.45, 2.75) is 56.8 Å². The normalized spacial score (nSPS) is 14.0. The van der Waals surface area contributed by atoms with Gasteiger partial charge in [-0.2, -0.15) is 12.6 Å². The minimum atomic E-state index is -1.25. The van der Waals surface area contributed by atoms with Crippen LogP contribution in [-0.4, -0.2) is 83.7 Å². The highest BCUT2D eigenvalue weighted by Gasteiger charge is 2.27. The molecule has 0 radical (unpaired) electrons. The molecule has 4 unspecified atom stereocenters. The minimum absolute atomic E-state index is 0.0622. The molecule has 0 heterocycles. The van der Waals surface area contributed by atoms with Crippen LogP contribution < -0.4 is 44.6 Å². The summed E-state index contributed by atoms with van der Waals surface area (Å²) in [7, 11) is 0. The summed E-state index contributed by atoms with van der Waals surface area (Å²) in [6, 6.07) is -4.27. The third kappa shape index (κ3) is 13.3. The van der Waals surface area contributed by atoms with E-state index in [0.717, 1.165) is 0 Å². The zero-order valence-electron chi connectivity index (χ0n) is 19.1. The Bertz CT molecular complexity index is 755. The summed E-state index contributed by atoms with van der Waals surface area (Å²) in [5.41, 5.74) is 26.6. The van der Waals surface area contributed by atoms with Crippen LogP contribution in [0.5, 0.6) is 0 Å². The average Bonchev–Trinajstić information content (AvgIpc) is 2.76. The molecular weight excluding hydrogens is 468 g/mol. The number of thiol groups is 1. The van der Waals surface area contributed by atoms with Gasteiger partial charge in [-0.3, -0.25) is 24.4 Å². The maximum Gasteiger partial charge on any atom is 0.326 e. The fourth-order valence-corrected chi connectivity index (χ4v) is 2.74. The summed E-state index contributed by atoms with van der Waals surface area (Å²) in [4.78, 5) is 56.3. The van der Waals surface area contributed by atoms with Crippen molar-refractivity contribution in [3.05, 3.63) is 0 Å². The number of carboxylic acids is 1. The average molecular weight is 505 g/mol. The number of carbonyl (C=O) groups excluding carboxylic acids is 3. The molecule has 0 spiro atoms. The van der Waals surface area contributed by atoms with Gasteiger partial charge in [-0.1, -0.05) is 0 Å². The van der Waals surface area contributed by atoms with Gasteiger partial charge < -0.3 is 49.7 Å². The summed E-state index contributed by atoms with van der Waals surface area (Å²) < 4.78 is 0. The van der Waals surface area contributed by atoms with E-state index in [1.165, 1.54) is 6.92 Å². The number of carbonyl (C=O) groups is 4. The molecule has 194 valence electrons. The van der Waals surface area contributed by atoms with Crippen LogP contribution in [0, 0.1) is 0 Å². The Morgan fingerprint density at radius 1 is 0.824 bits per heavy atom. The van der Waals surface area contributed by atoms with E-state index in [1.807, 2.05) is 0 Å². The number of aliphatic imine (C=N–C) groups is 2. The van der Waals surface area contributed by atoms with Crippen LogP contribution in [0.3, 0.4) is 0 Å². The molecule has 16 heteroatoms. The highest BCUT2D eigenvalue weighted by molar-refractivity contribution is 7.80. The van der Waals surface area contributed by atoms with Gasteiger partial charge in [-0.25, -0.2) is 4.79 Å². The molecule has 0 fully saturated rings. The predicted octanol–water partition coefficient (Wildman–Crippen LogP) is -4.09. The molecule has 0 aliphatic carbocycles. The van der Waals surface area contributed by atoms with Crippen molar-refractivity contribution in [2.24, 2.45) is 38.7 Å². The van der Waals surface area contributed by atoms with Crippen LogP contribution in [0.25, 0.3) is 0 Å². The Kier molecular flexibility index (Phi) is 14.8. The number of nitrogens with zero attached hydrogens (tertiary/aromatic N) is 2. The number of carboxylic acid groups (broad SMARTS) is 1. The Hall–Kier alpha value is -3.27. The van der Waals surface area contributed by atoms with Gasteiger partial charge in [-0.05, 0) is 32.6 Å². The third-order valence-corrected chi connectivity index (χ3v) is 4.82. The zero-order chi connectivity index (χ0) is 26.3. The van der Waals surface area contributed by atoms with E-state index in [4.69, 9.17) is 28.7 Å². The molecule has 34 heavy (non-hydrogen) atoms. The highest BCUT2D eigenvalue weighted by atomic mass is 32.1. The smallest absolute Gasteiger partial charge is 0.326 e. The first-order valence-corrected chi connectivity index (χ1v) is 11.1. The second-order valence-electron chi connectivity index (χ2n) is 7.38. The quantitative estimate of drug-likeness (QED) is 0.0419. The van der Waals surface area contributed by atoms with E-state index in [1.54, 1.807) is 0 Å². The van der Waals surface area contributed by atoms with E-state index in [-0.39, 0.29) is 43.6 Å². The zero-order valence-corrected chi connectivity index (χ0v) is 20.0. The first-order chi connectivity index (χ1) is 15.9. The van der Waals surface area contributed by atoms with E-state index in [2.05, 4.69) is 38.6 Å². The molecule has 0 saturated heterocycles. The molecule has 0 aromatic rings. The fraction of sp³-hybridized carbons (Fsp3) is 0.667.